The molecule has 2 fully saturated rings. The van der Waals surface area contributed by atoms with Crippen LogP contribution < -0.4 is 16.0 Å². The number of likely N-dealkylation sites (N-methyl/N-ethyl adjacent to an activating group) is 1. The topological polar surface area (TPSA) is 95.1 Å². The van der Waals surface area contributed by atoms with Crippen molar-refractivity contribution in [2.45, 2.75) is 96.2 Å². The van der Waals surface area contributed by atoms with Crippen LogP contribution in [-0.2, 0) is 9.53 Å². The summed E-state index contributed by atoms with van der Waals surface area (Å²) in [4.78, 5) is 30.1. The maximum absolute atomic E-state index is 12.0. The lowest BCUT2D eigenvalue weighted by Crippen LogP contribution is -2.49. The molecule has 2 rings (SSSR count). The second-order valence-electron chi connectivity index (χ2n) is 10.2. The van der Waals surface area contributed by atoms with E-state index in [9.17, 15) is 9.59 Å². The predicted molar refractivity (Wildman–Crippen MR) is 140 cm³/mol. The zero-order valence-electron chi connectivity index (χ0n) is 20.5. The first-order valence-electron chi connectivity index (χ1n) is 11.9. The fourth-order valence-corrected chi connectivity index (χ4v) is 4.12. The summed E-state index contributed by atoms with van der Waals surface area (Å²) in [7, 11) is 3.50. The number of carbonyl (C=O) groups excluding carboxylic acids is 2. The van der Waals surface area contributed by atoms with E-state index in [-0.39, 0.29) is 54.6 Å². The van der Waals surface area contributed by atoms with E-state index in [2.05, 4.69) is 20.9 Å². The van der Waals surface area contributed by atoms with Crippen molar-refractivity contribution in [1.82, 2.24) is 20.9 Å². The van der Waals surface area contributed by atoms with Crippen LogP contribution in [0.15, 0.2) is 4.99 Å². The van der Waals surface area contributed by atoms with Gasteiger partial charge < -0.3 is 25.6 Å². The van der Waals surface area contributed by atoms with Crippen molar-refractivity contribution in [1.29, 1.82) is 0 Å². The zero-order valence-corrected chi connectivity index (χ0v) is 22.9. The summed E-state index contributed by atoms with van der Waals surface area (Å²) in [6.45, 7) is 6.65. The van der Waals surface area contributed by atoms with E-state index in [4.69, 9.17) is 4.74 Å². The first-order valence-corrected chi connectivity index (χ1v) is 11.9. The minimum Gasteiger partial charge on any atom is -0.444 e. The summed E-state index contributed by atoms with van der Waals surface area (Å²) in [5, 5.41) is 9.99. The van der Waals surface area contributed by atoms with Gasteiger partial charge in [-0.05, 0) is 65.2 Å². The van der Waals surface area contributed by atoms with E-state index < -0.39 is 5.60 Å². The van der Waals surface area contributed by atoms with Crippen molar-refractivity contribution in [2.75, 3.05) is 27.2 Å². The van der Waals surface area contributed by atoms with Gasteiger partial charge in [-0.25, -0.2) is 9.79 Å². The number of hydrogen-bond donors (Lipinski definition) is 3. The third kappa shape index (κ3) is 11.6. The van der Waals surface area contributed by atoms with Gasteiger partial charge in [0.15, 0.2) is 5.96 Å². The van der Waals surface area contributed by atoms with Gasteiger partial charge >= 0.3 is 6.09 Å². The molecule has 0 aromatic carbocycles. The lowest BCUT2D eigenvalue weighted by molar-refractivity contribution is -0.127. The molecule has 2 aliphatic carbocycles. The second-order valence-corrected chi connectivity index (χ2v) is 10.2. The van der Waals surface area contributed by atoms with Crippen molar-refractivity contribution in [2.24, 2.45) is 10.9 Å². The van der Waals surface area contributed by atoms with Gasteiger partial charge in [0.1, 0.15) is 12.1 Å². The normalized spacial score (nSPS) is 22.3. The van der Waals surface area contributed by atoms with Gasteiger partial charge in [0.2, 0.25) is 5.91 Å². The Morgan fingerprint density at radius 1 is 0.938 bits per heavy atom. The van der Waals surface area contributed by atoms with Crippen LogP contribution >= 0.6 is 24.0 Å². The molecule has 186 valence electrons. The quantitative estimate of drug-likeness (QED) is 0.260. The summed E-state index contributed by atoms with van der Waals surface area (Å²) < 4.78 is 5.36. The molecule has 0 heterocycles. The van der Waals surface area contributed by atoms with Gasteiger partial charge in [0, 0.05) is 32.7 Å². The minimum absolute atomic E-state index is 0. The molecular formula is C23H44IN5O3. The number of rotatable bonds is 6. The Bertz CT molecular complexity index is 607. The zero-order chi connectivity index (χ0) is 22.9. The Labute approximate surface area is 211 Å². The number of carbonyl (C=O) groups is 2. The predicted octanol–water partition coefficient (Wildman–Crippen LogP) is 3.64. The Kier molecular flexibility index (Phi) is 12.7. The number of hydrogen-bond acceptors (Lipinski definition) is 4. The van der Waals surface area contributed by atoms with E-state index in [1.54, 1.807) is 19.0 Å². The van der Waals surface area contributed by atoms with Crippen LogP contribution in [0.4, 0.5) is 4.79 Å². The van der Waals surface area contributed by atoms with Crippen LogP contribution in [0.25, 0.3) is 0 Å². The van der Waals surface area contributed by atoms with E-state index >= 15 is 0 Å². The average molecular weight is 566 g/mol. The fraction of sp³-hybridized carbons (Fsp3) is 0.870. The number of aliphatic imine (C=N–C) groups is 1. The molecule has 0 unspecified atom stereocenters. The number of nitrogens with one attached hydrogen (secondary N) is 3. The van der Waals surface area contributed by atoms with Gasteiger partial charge in [0.05, 0.1) is 0 Å². The average Bonchev–Trinajstić information content (AvgIpc) is 2.70. The molecule has 0 aromatic rings. The maximum Gasteiger partial charge on any atom is 0.407 e. The summed E-state index contributed by atoms with van der Waals surface area (Å²) in [6, 6.07) is 0.419. The van der Waals surface area contributed by atoms with Crippen LogP contribution in [0.3, 0.4) is 0 Å². The van der Waals surface area contributed by atoms with Gasteiger partial charge in [-0.15, -0.1) is 24.0 Å². The first kappa shape index (κ1) is 28.8. The smallest absolute Gasteiger partial charge is 0.407 e. The molecule has 3 N–H and O–H groups in total. The lowest BCUT2D eigenvalue weighted by atomic mass is 9.89. The monoisotopic (exact) mass is 565 g/mol. The molecule has 0 aromatic heterocycles. The number of ether oxygens (including phenoxy) is 1. The molecule has 9 heteroatoms. The Morgan fingerprint density at radius 2 is 1.50 bits per heavy atom. The summed E-state index contributed by atoms with van der Waals surface area (Å²) >= 11 is 0. The highest BCUT2D eigenvalue weighted by Crippen LogP contribution is 2.23. The van der Waals surface area contributed by atoms with Gasteiger partial charge in [-0.3, -0.25) is 4.79 Å². The second kappa shape index (κ2) is 14.1. The summed E-state index contributed by atoms with van der Waals surface area (Å²) in [5.41, 5.74) is -0.484. The van der Waals surface area contributed by atoms with Crippen LogP contribution in [0.5, 0.6) is 0 Å². The number of amides is 2. The summed E-state index contributed by atoms with van der Waals surface area (Å²) in [5.74, 6) is 1.40. The molecule has 0 saturated heterocycles. The van der Waals surface area contributed by atoms with E-state index in [1.165, 1.54) is 32.1 Å². The van der Waals surface area contributed by atoms with Crippen molar-refractivity contribution in [3.8, 4) is 0 Å². The fourth-order valence-electron chi connectivity index (χ4n) is 4.12. The van der Waals surface area contributed by atoms with Crippen LogP contribution in [0, 0.1) is 5.92 Å². The van der Waals surface area contributed by atoms with Crippen molar-refractivity contribution < 1.29 is 14.3 Å². The van der Waals surface area contributed by atoms with Crippen molar-refractivity contribution >= 4 is 41.9 Å². The van der Waals surface area contributed by atoms with Gasteiger partial charge in [-0.2, -0.15) is 0 Å². The number of alkyl carbamates (subject to hydrolysis) is 1. The molecule has 0 radical (unpaired) electrons. The van der Waals surface area contributed by atoms with Gasteiger partial charge in [0.25, 0.3) is 0 Å². The number of guanidine groups is 1. The number of halogens is 1. The minimum atomic E-state index is -0.484. The summed E-state index contributed by atoms with van der Waals surface area (Å²) in [6.07, 6.45) is 9.79. The van der Waals surface area contributed by atoms with Gasteiger partial charge in [-0.1, -0.05) is 19.3 Å². The van der Waals surface area contributed by atoms with Crippen LogP contribution in [0.2, 0.25) is 0 Å². The highest BCUT2D eigenvalue weighted by molar-refractivity contribution is 14.0. The molecule has 32 heavy (non-hydrogen) atoms. The molecule has 8 nitrogen and oxygen atoms in total. The Hall–Kier alpha value is -1.26. The number of nitrogens with zero attached hydrogens (tertiary/aromatic N) is 2. The largest absolute Gasteiger partial charge is 0.444 e. The molecule has 2 amide bonds. The molecule has 0 bridgehead atoms. The molecule has 0 spiro atoms. The third-order valence-corrected chi connectivity index (χ3v) is 5.94. The Morgan fingerprint density at radius 3 is 2.03 bits per heavy atom. The molecule has 2 saturated carbocycles. The van der Waals surface area contributed by atoms with E-state index in [1.807, 2.05) is 20.8 Å². The molecular weight excluding hydrogens is 521 g/mol. The molecule has 2 aliphatic rings. The highest BCUT2D eigenvalue weighted by Gasteiger charge is 2.25. The Balaban J connectivity index is 0.00000512. The first-order chi connectivity index (χ1) is 14.6. The van der Waals surface area contributed by atoms with Crippen molar-refractivity contribution in [3.05, 3.63) is 0 Å². The highest BCUT2D eigenvalue weighted by atomic mass is 127. The van der Waals surface area contributed by atoms with Crippen molar-refractivity contribution in [3.63, 3.8) is 0 Å². The van der Waals surface area contributed by atoms with E-state index in [0.717, 1.165) is 38.2 Å². The standard InChI is InChI=1S/C23H43N5O3.HI/c1-23(2,3)31-22(30)27-19-13-11-18(12-14-19)26-21(25-16-20(29)28(4)5)24-15-17-9-7-6-8-10-17;/h17-19H,6-16H2,1-5H3,(H,27,30)(H2,24,25,26);1H. The lowest BCUT2D eigenvalue weighted by Gasteiger charge is -2.32. The maximum atomic E-state index is 12.0. The van der Waals surface area contributed by atoms with Crippen LogP contribution in [-0.4, -0.2) is 67.7 Å². The van der Waals surface area contributed by atoms with Crippen LogP contribution in [0.1, 0.15) is 78.6 Å². The molecule has 0 aliphatic heterocycles. The third-order valence-electron chi connectivity index (χ3n) is 5.94. The SMILES string of the molecule is CN(C)C(=O)CN=C(NCC1CCCCC1)NC1CCC(NC(=O)OC(C)(C)C)CC1.I. The molecule has 0 atom stereocenters. The van der Waals surface area contributed by atoms with E-state index in [0.29, 0.717) is 5.92 Å².